The molecular weight excluding hydrogens is 403 g/mol. The molecule has 0 N–H and O–H groups in total. The lowest BCUT2D eigenvalue weighted by Gasteiger charge is -2.17. The molecule has 1 aliphatic heterocycles. The van der Waals surface area contributed by atoms with Crippen molar-refractivity contribution in [1.29, 1.82) is 0 Å². The Hall–Kier alpha value is -3.02. The fourth-order valence-corrected chi connectivity index (χ4v) is 3.26. The first-order chi connectivity index (χ1) is 13.7. The highest BCUT2D eigenvalue weighted by atomic mass is 19.4. The number of carbonyl (C=O) groups excluding carboxylic acids is 1. The van der Waals surface area contributed by atoms with E-state index in [-0.39, 0.29) is 42.2 Å². The Morgan fingerprint density at radius 3 is 2.76 bits per heavy atom. The second-order valence-corrected chi connectivity index (χ2v) is 6.40. The molecule has 0 spiro atoms. The Morgan fingerprint density at radius 1 is 1.31 bits per heavy atom. The van der Waals surface area contributed by atoms with E-state index in [1.807, 2.05) is 0 Å². The van der Waals surface area contributed by atoms with Crippen LogP contribution in [0.3, 0.4) is 0 Å². The third-order valence-electron chi connectivity index (χ3n) is 4.58. The van der Waals surface area contributed by atoms with Crippen molar-refractivity contribution < 1.29 is 35.9 Å². The third-order valence-corrected chi connectivity index (χ3v) is 4.58. The molecule has 0 aromatic carbocycles. The highest BCUT2D eigenvalue weighted by Gasteiger charge is 2.35. The van der Waals surface area contributed by atoms with Gasteiger partial charge in [0.1, 0.15) is 11.3 Å². The largest absolute Gasteiger partial charge is 0.443 e. The van der Waals surface area contributed by atoms with Gasteiger partial charge in [-0.2, -0.15) is 22.0 Å². The molecule has 3 aromatic heterocycles. The van der Waals surface area contributed by atoms with Gasteiger partial charge in [0.05, 0.1) is 29.6 Å². The summed E-state index contributed by atoms with van der Waals surface area (Å²) in [5, 5.41) is 0. The third kappa shape index (κ3) is 3.67. The summed E-state index contributed by atoms with van der Waals surface area (Å²) < 4.78 is 75.4. The van der Waals surface area contributed by atoms with Crippen LogP contribution in [0, 0.1) is 0 Å². The van der Waals surface area contributed by atoms with Gasteiger partial charge < -0.3 is 14.1 Å². The molecule has 0 aliphatic carbocycles. The van der Waals surface area contributed by atoms with Crippen molar-refractivity contribution in [3.05, 3.63) is 42.3 Å². The summed E-state index contributed by atoms with van der Waals surface area (Å²) in [5.41, 5.74) is -1.07. The van der Waals surface area contributed by atoms with E-state index in [9.17, 15) is 26.7 Å². The smallest absolute Gasteiger partial charge is 0.417 e. The van der Waals surface area contributed by atoms with E-state index in [0.717, 1.165) is 29.3 Å². The monoisotopic (exact) mass is 416 g/mol. The summed E-state index contributed by atoms with van der Waals surface area (Å²) in [7, 11) is 0. The summed E-state index contributed by atoms with van der Waals surface area (Å²) in [6.45, 7) is -2.92. The lowest BCUT2D eigenvalue weighted by atomic mass is 10.1. The van der Waals surface area contributed by atoms with Crippen molar-refractivity contribution in [3.8, 4) is 11.3 Å². The number of hydrogen-bond donors (Lipinski definition) is 0. The van der Waals surface area contributed by atoms with E-state index in [2.05, 4.69) is 14.7 Å². The van der Waals surface area contributed by atoms with Gasteiger partial charge in [-0.15, -0.1) is 0 Å². The highest BCUT2D eigenvalue weighted by molar-refractivity contribution is 5.94. The Labute approximate surface area is 159 Å². The average molecular weight is 416 g/mol. The van der Waals surface area contributed by atoms with Crippen LogP contribution >= 0.6 is 0 Å². The van der Waals surface area contributed by atoms with Crippen molar-refractivity contribution in [1.82, 2.24) is 19.3 Å². The number of likely N-dealkylation sites (tertiary alicyclic amines) is 1. The SMILES string of the molecule is O=C(c1cnc2c(-c3cnco3)cc(C(F)(F)F)cn12)N1CC[C@H](OC(F)F)C1. The van der Waals surface area contributed by atoms with E-state index in [4.69, 9.17) is 4.42 Å². The Kier molecular flexibility index (Phi) is 4.73. The van der Waals surface area contributed by atoms with E-state index in [1.54, 1.807) is 0 Å². The Bertz CT molecular complexity index is 1030. The Balaban J connectivity index is 1.74. The number of ether oxygens (including phenoxy) is 1. The normalized spacial score (nSPS) is 17.6. The van der Waals surface area contributed by atoms with E-state index < -0.39 is 30.4 Å². The Morgan fingerprint density at radius 2 is 2.10 bits per heavy atom. The van der Waals surface area contributed by atoms with Crippen LogP contribution in [0.1, 0.15) is 22.5 Å². The van der Waals surface area contributed by atoms with E-state index in [0.29, 0.717) is 0 Å². The van der Waals surface area contributed by atoms with Gasteiger partial charge in [0.15, 0.2) is 12.2 Å². The fourth-order valence-electron chi connectivity index (χ4n) is 3.26. The van der Waals surface area contributed by atoms with Crippen LogP contribution in [0.25, 0.3) is 17.0 Å². The van der Waals surface area contributed by atoms with E-state index >= 15 is 0 Å². The minimum absolute atomic E-state index is 0.0108. The molecule has 1 atom stereocenters. The summed E-state index contributed by atoms with van der Waals surface area (Å²) in [6.07, 6.45) is -1.13. The summed E-state index contributed by atoms with van der Waals surface area (Å²) in [6, 6.07) is 0.861. The number of amides is 1. The lowest BCUT2D eigenvalue weighted by molar-refractivity contribution is -0.158. The van der Waals surface area contributed by atoms with Crippen molar-refractivity contribution in [3.63, 3.8) is 0 Å². The second-order valence-electron chi connectivity index (χ2n) is 6.40. The maximum atomic E-state index is 13.4. The van der Waals surface area contributed by atoms with Crippen molar-refractivity contribution in [2.75, 3.05) is 13.1 Å². The summed E-state index contributed by atoms with van der Waals surface area (Å²) in [4.78, 5) is 21.8. The minimum atomic E-state index is -4.68. The number of rotatable bonds is 4. The number of carbonyl (C=O) groups is 1. The predicted molar refractivity (Wildman–Crippen MR) is 87.1 cm³/mol. The molecule has 12 heteroatoms. The number of alkyl halides is 5. The first-order valence-electron chi connectivity index (χ1n) is 8.44. The maximum absolute atomic E-state index is 13.4. The van der Waals surface area contributed by atoms with Gasteiger partial charge in [-0.1, -0.05) is 0 Å². The number of fused-ring (bicyclic) bond motifs is 1. The molecule has 4 heterocycles. The number of nitrogens with zero attached hydrogens (tertiary/aromatic N) is 4. The fraction of sp³-hybridized carbons (Fsp3) is 0.353. The van der Waals surface area contributed by atoms with Crippen LogP contribution in [-0.4, -0.2) is 51.0 Å². The van der Waals surface area contributed by atoms with E-state index in [1.165, 1.54) is 11.1 Å². The number of aromatic nitrogens is 3. The van der Waals surface area contributed by atoms with Gasteiger partial charge in [0.2, 0.25) is 0 Å². The lowest BCUT2D eigenvalue weighted by Crippen LogP contribution is -2.31. The molecule has 3 aromatic rings. The molecule has 1 amide bonds. The van der Waals surface area contributed by atoms with Gasteiger partial charge in [0, 0.05) is 19.3 Å². The quantitative estimate of drug-likeness (QED) is 0.609. The second kappa shape index (κ2) is 7.10. The first-order valence-corrected chi connectivity index (χ1v) is 8.44. The van der Waals surface area contributed by atoms with Gasteiger partial charge in [-0.25, -0.2) is 9.97 Å². The maximum Gasteiger partial charge on any atom is 0.417 e. The van der Waals surface area contributed by atoms with Crippen LogP contribution in [0.4, 0.5) is 22.0 Å². The zero-order valence-electron chi connectivity index (χ0n) is 14.6. The van der Waals surface area contributed by atoms with Crippen LogP contribution in [0.15, 0.2) is 35.5 Å². The zero-order valence-corrected chi connectivity index (χ0v) is 14.6. The molecule has 7 nitrogen and oxygen atoms in total. The molecule has 0 saturated carbocycles. The summed E-state index contributed by atoms with van der Waals surface area (Å²) >= 11 is 0. The van der Waals surface area contributed by atoms with Crippen molar-refractivity contribution in [2.45, 2.75) is 25.3 Å². The van der Waals surface area contributed by atoms with Gasteiger partial charge in [0.25, 0.3) is 5.91 Å². The molecule has 1 aliphatic rings. The zero-order chi connectivity index (χ0) is 20.8. The molecule has 1 saturated heterocycles. The van der Waals surface area contributed by atoms with Crippen LogP contribution in [0.2, 0.25) is 0 Å². The van der Waals surface area contributed by atoms with Crippen LogP contribution in [-0.2, 0) is 10.9 Å². The molecule has 0 bridgehead atoms. The number of oxazole rings is 1. The first kappa shape index (κ1) is 19.3. The molecule has 29 heavy (non-hydrogen) atoms. The molecular formula is C17H13F5N4O3. The number of halogens is 5. The molecule has 1 fully saturated rings. The van der Waals surface area contributed by atoms with Crippen LogP contribution < -0.4 is 0 Å². The highest BCUT2D eigenvalue weighted by Crippen LogP contribution is 2.34. The van der Waals surface area contributed by atoms with Crippen molar-refractivity contribution >= 4 is 11.6 Å². The van der Waals surface area contributed by atoms with Crippen molar-refractivity contribution in [2.24, 2.45) is 0 Å². The molecule has 0 unspecified atom stereocenters. The van der Waals surface area contributed by atoms with Crippen LogP contribution in [0.5, 0.6) is 0 Å². The molecule has 154 valence electrons. The minimum Gasteiger partial charge on any atom is -0.443 e. The topological polar surface area (TPSA) is 72.9 Å². The van der Waals surface area contributed by atoms with Gasteiger partial charge in [-0.05, 0) is 12.5 Å². The number of pyridine rings is 1. The van der Waals surface area contributed by atoms with Gasteiger partial charge in [-0.3, -0.25) is 9.20 Å². The predicted octanol–water partition coefficient (Wildman–Crippen LogP) is 3.46. The van der Waals surface area contributed by atoms with Gasteiger partial charge >= 0.3 is 12.8 Å². The number of hydrogen-bond acceptors (Lipinski definition) is 5. The number of imidazole rings is 1. The average Bonchev–Trinajstić information content (AvgIpc) is 3.39. The molecule has 4 rings (SSSR count). The summed E-state index contributed by atoms with van der Waals surface area (Å²) in [5.74, 6) is -0.585. The standard InChI is InChI=1S/C17H13F5N4O3/c18-16(19)29-10-1-2-25(7-10)15(27)12-4-24-14-11(13-5-23-8-28-13)3-9(6-26(12)14)17(20,21)22/h3-6,8,10,16H,1-2,7H2/t10-/m0/s1. The molecule has 0 radical (unpaired) electrons.